The minimum atomic E-state index is -0.405. The van der Waals surface area contributed by atoms with Gasteiger partial charge in [0, 0.05) is 16.9 Å². The minimum absolute atomic E-state index is 0.155. The third-order valence-corrected chi connectivity index (χ3v) is 5.15. The number of esters is 1. The molecule has 0 unspecified atom stereocenters. The molecular weight excluding hydrogens is 386 g/mol. The van der Waals surface area contributed by atoms with Crippen molar-refractivity contribution < 1.29 is 9.53 Å². The summed E-state index contributed by atoms with van der Waals surface area (Å²) in [6, 6.07) is 26.1. The van der Waals surface area contributed by atoms with Crippen molar-refractivity contribution in [3.8, 4) is 5.75 Å². The Balaban J connectivity index is 1.25. The average molecular weight is 405 g/mol. The van der Waals surface area contributed by atoms with E-state index in [1.165, 1.54) is 16.3 Å². The molecule has 0 bridgehead atoms. The summed E-state index contributed by atoms with van der Waals surface area (Å²) in [5, 5.41) is 16.9. The highest BCUT2D eigenvalue weighted by molar-refractivity contribution is 6.11. The van der Waals surface area contributed by atoms with Gasteiger partial charge in [-0.2, -0.15) is 0 Å². The van der Waals surface area contributed by atoms with Gasteiger partial charge in [0.15, 0.2) is 5.96 Å². The topological polar surface area (TPSA) is 74.2 Å². The van der Waals surface area contributed by atoms with Crippen molar-refractivity contribution in [2.45, 2.75) is 0 Å². The van der Waals surface area contributed by atoms with Gasteiger partial charge >= 0.3 is 5.97 Å². The van der Waals surface area contributed by atoms with Crippen LogP contribution in [0.15, 0.2) is 84.9 Å². The van der Waals surface area contributed by atoms with E-state index in [-0.39, 0.29) is 5.96 Å². The van der Waals surface area contributed by atoms with E-state index in [9.17, 15) is 4.79 Å². The molecule has 0 spiro atoms. The van der Waals surface area contributed by atoms with Gasteiger partial charge in [0.1, 0.15) is 5.75 Å². The van der Waals surface area contributed by atoms with Gasteiger partial charge in [-0.3, -0.25) is 5.41 Å². The molecule has 0 radical (unpaired) electrons. The van der Waals surface area contributed by atoms with Crippen molar-refractivity contribution in [1.82, 2.24) is 0 Å². The lowest BCUT2D eigenvalue weighted by Crippen LogP contribution is -2.21. The fourth-order valence-corrected chi connectivity index (χ4v) is 3.69. The Kier molecular flexibility index (Phi) is 4.69. The van der Waals surface area contributed by atoms with Gasteiger partial charge in [0.05, 0.1) is 5.56 Å². The average Bonchev–Trinajstić information content (AvgIpc) is 3.24. The van der Waals surface area contributed by atoms with E-state index in [0.29, 0.717) is 17.0 Å². The molecule has 150 valence electrons. The summed E-state index contributed by atoms with van der Waals surface area (Å²) in [6.07, 6.45) is 4.17. The zero-order chi connectivity index (χ0) is 21.2. The van der Waals surface area contributed by atoms with Gasteiger partial charge in [-0.05, 0) is 58.8 Å². The Morgan fingerprint density at radius 3 is 2.39 bits per heavy atom. The van der Waals surface area contributed by atoms with E-state index in [0.717, 1.165) is 11.3 Å². The molecule has 0 saturated heterocycles. The summed E-state index contributed by atoms with van der Waals surface area (Å²) in [5.41, 5.74) is 4.36. The first-order valence-electron chi connectivity index (χ1n) is 9.91. The highest BCUT2D eigenvalue weighted by atomic mass is 16.5. The van der Waals surface area contributed by atoms with Crippen LogP contribution in [0.1, 0.15) is 21.5 Å². The number of anilines is 2. The number of hydrogen-bond donors (Lipinski definition) is 3. The van der Waals surface area contributed by atoms with Crippen LogP contribution >= 0.6 is 0 Å². The summed E-state index contributed by atoms with van der Waals surface area (Å²) >= 11 is 0. The zero-order valence-corrected chi connectivity index (χ0v) is 16.6. The summed E-state index contributed by atoms with van der Waals surface area (Å²) in [7, 11) is 0. The largest absolute Gasteiger partial charge is 0.423 e. The maximum absolute atomic E-state index is 12.2. The number of ether oxygens (including phenoxy) is 1. The van der Waals surface area contributed by atoms with Crippen LogP contribution in [-0.2, 0) is 0 Å². The van der Waals surface area contributed by atoms with E-state index in [1.54, 1.807) is 48.5 Å². The molecule has 0 saturated carbocycles. The second-order valence-electron chi connectivity index (χ2n) is 7.21. The van der Waals surface area contributed by atoms with Crippen LogP contribution in [-0.4, -0.2) is 11.9 Å². The maximum atomic E-state index is 12.2. The minimum Gasteiger partial charge on any atom is -0.423 e. The highest BCUT2D eigenvalue weighted by Gasteiger charge is 2.14. The number of nitrogens with one attached hydrogen (secondary N) is 3. The molecule has 0 amide bonds. The van der Waals surface area contributed by atoms with Crippen molar-refractivity contribution in [2.75, 3.05) is 10.6 Å². The van der Waals surface area contributed by atoms with Gasteiger partial charge in [0.25, 0.3) is 0 Å². The molecule has 4 aromatic carbocycles. The van der Waals surface area contributed by atoms with Crippen LogP contribution < -0.4 is 15.4 Å². The van der Waals surface area contributed by atoms with Gasteiger partial charge in [-0.1, -0.05) is 54.6 Å². The van der Waals surface area contributed by atoms with Crippen molar-refractivity contribution >= 4 is 46.2 Å². The van der Waals surface area contributed by atoms with E-state index >= 15 is 0 Å². The number of rotatable bonds is 4. The van der Waals surface area contributed by atoms with Crippen molar-refractivity contribution in [3.63, 3.8) is 0 Å². The maximum Gasteiger partial charge on any atom is 0.343 e. The molecule has 0 fully saturated rings. The first-order chi connectivity index (χ1) is 15.2. The fourth-order valence-electron chi connectivity index (χ4n) is 3.69. The lowest BCUT2D eigenvalue weighted by Gasteiger charge is -2.14. The fraction of sp³-hybridized carbons (Fsp3) is 0. The van der Waals surface area contributed by atoms with Crippen LogP contribution in [0.3, 0.4) is 0 Å². The normalized spacial score (nSPS) is 11.4. The van der Waals surface area contributed by atoms with Gasteiger partial charge in [-0.15, -0.1) is 0 Å². The number of hydrogen-bond acceptors (Lipinski definition) is 3. The first kappa shape index (κ1) is 18.6. The van der Waals surface area contributed by atoms with Crippen molar-refractivity contribution in [3.05, 3.63) is 102 Å². The molecule has 4 aromatic rings. The Hall–Kier alpha value is -4.38. The van der Waals surface area contributed by atoms with Crippen LogP contribution in [0.5, 0.6) is 5.75 Å². The predicted octanol–water partition coefficient (Wildman–Crippen LogP) is 6.00. The number of carbonyl (C=O) groups is 1. The molecule has 5 nitrogen and oxygen atoms in total. The predicted molar refractivity (Wildman–Crippen MR) is 126 cm³/mol. The van der Waals surface area contributed by atoms with Gasteiger partial charge in [-0.25, -0.2) is 4.79 Å². The molecular formula is C26H19N3O2. The first-order valence-corrected chi connectivity index (χ1v) is 9.91. The number of guanidine groups is 1. The Labute approximate surface area is 179 Å². The molecule has 0 heterocycles. The Morgan fingerprint density at radius 2 is 1.58 bits per heavy atom. The molecule has 5 rings (SSSR count). The quantitative estimate of drug-likeness (QED) is 0.148. The SMILES string of the molecule is N=C(Nc1ccc(OC(=O)c2ccccc2)cc1)Nc1ccc2cccc3c2c1C=C3. The lowest BCUT2D eigenvalue weighted by molar-refractivity contribution is 0.0735. The van der Waals surface area contributed by atoms with Crippen molar-refractivity contribution in [2.24, 2.45) is 0 Å². The molecule has 1 aliphatic rings. The Morgan fingerprint density at radius 1 is 0.774 bits per heavy atom. The van der Waals surface area contributed by atoms with Gasteiger partial charge in [0.2, 0.25) is 0 Å². The van der Waals surface area contributed by atoms with E-state index < -0.39 is 5.97 Å². The Bertz CT molecular complexity index is 1330. The van der Waals surface area contributed by atoms with Crippen LogP contribution in [0, 0.1) is 5.41 Å². The third kappa shape index (κ3) is 3.76. The monoisotopic (exact) mass is 405 g/mol. The summed E-state index contributed by atoms with van der Waals surface area (Å²) in [5.74, 6) is 0.194. The van der Waals surface area contributed by atoms with Crippen molar-refractivity contribution in [1.29, 1.82) is 5.41 Å². The third-order valence-electron chi connectivity index (χ3n) is 5.15. The molecule has 0 atom stereocenters. The second-order valence-corrected chi connectivity index (χ2v) is 7.21. The molecule has 0 aliphatic heterocycles. The molecule has 0 aromatic heterocycles. The lowest BCUT2D eigenvalue weighted by atomic mass is 10.0. The van der Waals surface area contributed by atoms with Gasteiger partial charge < -0.3 is 15.4 Å². The standard InChI is InChI=1S/C26H19N3O2/c27-26(29-23-16-10-18-8-4-7-17-9-15-22(23)24(17)18)28-20-11-13-21(14-12-20)31-25(30)19-5-2-1-3-6-19/h1-16H,(H3,27,28,29). The molecule has 5 heteroatoms. The van der Waals surface area contributed by atoms with E-state index in [1.807, 2.05) is 12.1 Å². The zero-order valence-electron chi connectivity index (χ0n) is 16.6. The van der Waals surface area contributed by atoms with E-state index in [4.69, 9.17) is 10.1 Å². The summed E-state index contributed by atoms with van der Waals surface area (Å²) in [6.45, 7) is 0. The molecule has 31 heavy (non-hydrogen) atoms. The number of benzene rings is 4. The smallest absolute Gasteiger partial charge is 0.343 e. The second kappa shape index (κ2) is 7.80. The van der Waals surface area contributed by atoms with E-state index in [2.05, 4.69) is 47.1 Å². The van der Waals surface area contributed by atoms with Crippen LogP contribution in [0.25, 0.3) is 22.9 Å². The summed E-state index contributed by atoms with van der Waals surface area (Å²) < 4.78 is 5.39. The summed E-state index contributed by atoms with van der Waals surface area (Å²) in [4.78, 5) is 12.2. The van der Waals surface area contributed by atoms with Crippen LogP contribution in [0.2, 0.25) is 0 Å². The molecule has 1 aliphatic carbocycles. The molecule has 3 N–H and O–H groups in total. The van der Waals surface area contributed by atoms with Crippen LogP contribution in [0.4, 0.5) is 11.4 Å². The number of carbonyl (C=O) groups excluding carboxylic acids is 1. The highest BCUT2D eigenvalue weighted by Crippen LogP contribution is 2.35.